The van der Waals surface area contributed by atoms with Crippen molar-refractivity contribution < 1.29 is 17.5 Å². The summed E-state index contributed by atoms with van der Waals surface area (Å²) in [6.07, 6.45) is 3.25. The fraction of sp³-hybridized carbons (Fsp3) is 0.409. The van der Waals surface area contributed by atoms with Gasteiger partial charge in [-0.1, -0.05) is 26.0 Å². The Balaban J connectivity index is 1.93. The first-order valence-corrected chi connectivity index (χ1v) is 13.3. The lowest BCUT2D eigenvalue weighted by Gasteiger charge is -2.31. The van der Waals surface area contributed by atoms with Gasteiger partial charge in [-0.2, -0.15) is 0 Å². The molecule has 0 bridgehead atoms. The molecule has 176 valence electrons. The largest absolute Gasteiger partial charge is 0.381 e. The maximum atomic E-state index is 15.8. The third-order valence-corrected chi connectivity index (χ3v) is 8.94. The fourth-order valence-corrected chi connectivity index (χ4v) is 6.44. The molecule has 11 heteroatoms. The molecule has 3 aromatic rings. The van der Waals surface area contributed by atoms with Crippen LogP contribution >= 0.6 is 22.9 Å². The van der Waals surface area contributed by atoms with Gasteiger partial charge in [-0.3, -0.25) is 0 Å². The summed E-state index contributed by atoms with van der Waals surface area (Å²) < 4.78 is 45.5. The van der Waals surface area contributed by atoms with Crippen LogP contribution in [0, 0.1) is 5.82 Å². The molecule has 3 heterocycles. The van der Waals surface area contributed by atoms with Crippen LogP contribution in [-0.2, 0) is 20.2 Å². The normalized spacial score (nSPS) is 17.1. The second-order valence-electron chi connectivity index (χ2n) is 8.28. The van der Waals surface area contributed by atoms with E-state index in [1.807, 2.05) is 0 Å². The molecule has 0 saturated carbocycles. The number of hydrogen-bond donors (Lipinski definition) is 1. The van der Waals surface area contributed by atoms with Crippen LogP contribution in [0.1, 0.15) is 48.9 Å². The molecule has 1 unspecified atom stereocenters. The van der Waals surface area contributed by atoms with Crippen LogP contribution in [0.25, 0.3) is 21.8 Å². The number of thiazole rings is 1. The maximum absolute atomic E-state index is 15.8. The average Bonchev–Trinajstić information content (AvgIpc) is 3.21. The highest BCUT2D eigenvalue weighted by Gasteiger charge is 2.35. The first kappa shape index (κ1) is 24.2. The summed E-state index contributed by atoms with van der Waals surface area (Å²) in [6.45, 7) is 5.02. The summed E-state index contributed by atoms with van der Waals surface area (Å²) in [7, 11) is -3.99. The molecular formula is C22H24ClFN4O3S2. The van der Waals surface area contributed by atoms with E-state index in [4.69, 9.17) is 26.5 Å². The van der Waals surface area contributed by atoms with Gasteiger partial charge in [0.25, 0.3) is 0 Å². The highest BCUT2D eigenvalue weighted by atomic mass is 35.5. The van der Waals surface area contributed by atoms with Gasteiger partial charge < -0.3 is 4.74 Å². The second kappa shape index (κ2) is 9.34. The van der Waals surface area contributed by atoms with Crippen LogP contribution in [0.2, 0.25) is 5.28 Å². The lowest BCUT2D eigenvalue weighted by Crippen LogP contribution is -2.30. The van der Waals surface area contributed by atoms with E-state index in [2.05, 4.69) is 16.9 Å². The van der Waals surface area contributed by atoms with Gasteiger partial charge >= 0.3 is 0 Å². The van der Waals surface area contributed by atoms with Gasteiger partial charge in [0.15, 0.2) is 0 Å². The number of primary sulfonamides is 1. The van der Waals surface area contributed by atoms with Crippen LogP contribution in [-0.4, -0.2) is 36.6 Å². The zero-order chi connectivity index (χ0) is 23.8. The molecule has 2 aromatic heterocycles. The van der Waals surface area contributed by atoms with Crippen molar-refractivity contribution in [2.45, 2.75) is 43.8 Å². The molecule has 1 aliphatic heterocycles. The molecule has 0 aliphatic carbocycles. The molecule has 1 atom stereocenters. The van der Waals surface area contributed by atoms with Crippen molar-refractivity contribution in [1.82, 2.24) is 15.0 Å². The molecule has 1 fully saturated rings. The predicted molar refractivity (Wildman–Crippen MR) is 127 cm³/mol. The van der Waals surface area contributed by atoms with Gasteiger partial charge in [-0.05, 0) is 43.0 Å². The van der Waals surface area contributed by atoms with Crippen LogP contribution in [0.5, 0.6) is 0 Å². The van der Waals surface area contributed by atoms with Gasteiger partial charge in [-0.25, -0.2) is 32.9 Å². The Hall–Kier alpha value is -1.98. The quantitative estimate of drug-likeness (QED) is 0.474. The molecule has 7 nitrogen and oxygen atoms in total. The zero-order valence-corrected chi connectivity index (χ0v) is 20.6. The van der Waals surface area contributed by atoms with E-state index in [0.29, 0.717) is 29.5 Å². The fourth-order valence-electron chi connectivity index (χ4n) is 4.04. The Bertz CT molecular complexity index is 1280. The molecule has 0 spiro atoms. The summed E-state index contributed by atoms with van der Waals surface area (Å²) in [5.74, 6) is -0.659. The summed E-state index contributed by atoms with van der Waals surface area (Å²) in [6, 6.07) is 6.35. The van der Waals surface area contributed by atoms with E-state index < -0.39 is 21.1 Å². The van der Waals surface area contributed by atoms with Gasteiger partial charge in [-0.15, -0.1) is 11.3 Å². The minimum absolute atomic E-state index is 0.0241. The number of rotatable bonds is 6. The number of halogens is 2. The van der Waals surface area contributed by atoms with Gasteiger partial charge in [0.2, 0.25) is 15.3 Å². The van der Waals surface area contributed by atoms with Crippen molar-refractivity contribution in [1.29, 1.82) is 0 Å². The summed E-state index contributed by atoms with van der Waals surface area (Å²) in [4.78, 5) is 13.8. The Morgan fingerprint density at radius 3 is 2.64 bits per heavy atom. The topological polar surface area (TPSA) is 108 Å². The van der Waals surface area contributed by atoms with E-state index >= 15 is 4.39 Å². The minimum Gasteiger partial charge on any atom is -0.381 e. The molecule has 0 amide bonds. The number of ether oxygens (including phenoxy) is 1. The summed E-state index contributed by atoms with van der Waals surface area (Å²) >= 11 is 7.46. The van der Waals surface area contributed by atoms with Crippen molar-refractivity contribution in [3.63, 3.8) is 0 Å². The molecule has 0 radical (unpaired) electrons. The molecule has 2 N–H and O–H groups in total. The molecule has 1 aromatic carbocycles. The van der Waals surface area contributed by atoms with Crippen molar-refractivity contribution in [3.8, 4) is 21.8 Å². The maximum Gasteiger partial charge on any atom is 0.222 e. The van der Waals surface area contributed by atoms with E-state index in [0.717, 1.165) is 17.8 Å². The van der Waals surface area contributed by atoms with E-state index in [9.17, 15) is 8.42 Å². The number of hydrogen-bond acceptors (Lipinski definition) is 7. The van der Waals surface area contributed by atoms with Crippen molar-refractivity contribution >= 4 is 33.0 Å². The smallest absolute Gasteiger partial charge is 0.222 e. The Morgan fingerprint density at radius 1 is 1.27 bits per heavy atom. The van der Waals surface area contributed by atoms with Gasteiger partial charge in [0, 0.05) is 36.0 Å². The number of aromatic nitrogens is 3. The minimum atomic E-state index is -3.99. The molecule has 1 aliphatic rings. The standard InChI is InChI=1S/C22H24ClFN4O3S2/c1-3-16(33(25,29)30)13-5-4-6-14(17(13)24)18-19(15-7-10-26-21(23)27-15)32-20(28-18)22(2)8-11-31-12-9-22/h4-7,10,16H,3,8-9,11-12H2,1-2H3,(H2,25,29,30). The van der Waals surface area contributed by atoms with Crippen molar-refractivity contribution in [2.24, 2.45) is 5.14 Å². The first-order valence-electron chi connectivity index (χ1n) is 10.5. The third kappa shape index (κ3) is 4.81. The summed E-state index contributed by atoms with van der Waals surface area (Å²) in [5.41, 5.74) is 0.898. The molecule has 1 saturated heterocycles. The number of nitrogens with two attached hydrogens (primary N) is 1. The second-order valence-corrected chi connectivity index (χ2v) is 11.4. The average molecular weight is 511 g/mol. The SMILES string of the molecule is CCC(c1cccc(-c2nc(C3(C)CCOCC3)sc2-c2ccnc(Cl)n2)c1F)S(N)(=O)=O. The third-order valence-electron chi connectivity index (χ3n) is 6.00. The Kier molecular flexibility index (Phi) is 6.84. The molecule has 4 rings (SSSR count). The highest BCUT2D eigenvalue weighted by molar-refractivity contribution is 7.89. The Labute approximate surface area is 201 Å². The molecular weight excluding hydrogens is 487 g/mol. The first-order chi connectivity index (χ1) is 15.6. The zero-order valence-electron chi connectivity index (χ0n) is 18.2. The lowest BCUT2D eigenvalue weighted by atomic mass is 9.83. The number of nitrogens with zero attached hydrogens (tertiary/aromatic N) is 3. The van der Waals surface area contributed by atoms with Crippen LogP contribution < -0.4 is 5.14 Å². The lowest BCUT2D eigenvalue weighted by molar-refractivity contribution is 0.0564. The van der Waals surface area contributed by atoms with Crippen molar-refractivity contribution in [2.75, 3.05) is 13.2 Å². The number of sulfonamides is 1. The predicted octanol–water partition coefficient (Wildman–Crippen LogP) is 4.87. The van der Waals surface area contributed by atoms with Crippen molar-refractivity contribution in [3.05, 3.63) is 52.1 Å². The number of benzene rings is 1. The summed E-state index contributed by atoms with van der Waals surface area (Å²) in [5, 5.41) is 5.14. The highest BCUT2D eigenvalue weighted by Crippen LogP contribution is 2.45. The van der Waals surface area contributed by atoms with E-state index in [1.54, 1.807) is 25.1 Å². The van der Waals surface area contributed by atoms with E-state index in [1.165, 1.54) is 23.6 Å². The molecule has 33 heavy (non-hydrogen) atoms. The Morgan fingerprint density at radius 2 is 2.00 bits per heavy atom. The van der Waals surface area contributed by atoms with Gasteiger partial charge in [0.05, 0.1) is 21.3 Å². The van der Waals surface area contributed by atoms with Gasteiger partial charge in [0.1, 0.15) is 11.1 Å². The van der Waals surface area contributed by atoms with Crippen LogP contribution in [0.4, 0.5) is 4.39 Å². The monoisotopic (exact) mass is 510 g/mol. The van der Waals surface area contributed by atoms with E-state index in [-0.39, 0.29) is 28.2 Å². The van der Waals surface area contributed by atoms with Crippen LogP contribution in [0.3, 0.4) is 0 Å². The van der Waals surface area contributed by atoms with Crippen LogP contribution in [0.15, 0.2) is 30.5 Å².